The van der Waals surface area contributed by atoms with E-state index in [9.17, 15) is 22.4 Å². The first kappa shape index (κ1) is 19.7. The molecule has 1 aliphatic rings. The van der Waals surface area contributed by atoms with Gasteiger partial charge in [-0.05, 0) is 28.8 Å². The number of benzene rings is 2. The molecule has 3 rings (SSSR count). The zero-order valence-electron chi connectivity index (χ0n) is 14.8. The third-order valence-corrected chi connectivity index (χ3v) is 4.47. The number of hydrogen-bond donors (Lipinski definition) is 1. The summed E-state index contributed by atoms with van der Waals surface area (Å²) >= 11 is 0. The Labute approximate surface area is 158 Å². The third-order valence-electron chi connectivity index (χ3n) is 4.47. The van der Waals surface area contributed by atoms with Crippen LogP contribution >= 0.6 is 0 Å². The van der Waals surface area contributed by atoms with Crippen LogP contribution in [0, 0.1) is 0 Å². The largest absolute Gasteiger partial charge is 0.435 e. The number of hydrogen-bond acceptors (Lipinski definition) is 4. The lowest BCUT2D eigenvalue weighted by Crippen LogP contribution is -2.41. The van der Waals surface area contributed by atoms with Crippen molar-refractivity contribution in [3.63, 3.8) is 0 Å². The molecule has 0 saturated carbocycles. The fraction of sp³-hybridized carbons (Fsp3) is 0.263. The summed E-state index contributed by atoms with van der Waals surface area (Å²) in [6, 6.07) is 11.6. The van der Waals surface area contributed by atoms with Crippen LogP contribution in [-0.4, -0.2) is 36.9 Å². The van der Waals surface area contributed by atoms with Crippen LogP contribution in [0.5, 0.6) is 5.75 Å². The summed E-state index contributed by atoms with van der Waals surface area (Å²) in [6.07, 6.45) is -3.03. The van der Waals surface area contributed by atoms with Crippen molar-refractivity contribution < 1.29 is 27.1 Å². The molecule has 0 radical (unpaired) electrons. The Morgan fingerprint density at radius 3 is 2.32 bits per heavy atom. The standard InChI is InChI=1S/C19H17F4N3O2/c1-26-16(27)19(25-18(26)24,12-5-7-14(8-6-12)28-17(22)23)13-4-2-3-11(9-13)10-15(20)21/h2-9,15,17H,10H2,1H3,(H2,24,25). The van der Waals surface area contributed by atoms with Gasteiger partial charge in [0.15, 0.2) is 11.5 Å². The molecule has 2 aromatic rings. The summed E-state index contributed by atoms with van der Waals surface area (Å²) in [7, 11) is 1.44. The Balaban J connectivity index is 2.12. The number of halogens is 4. The SMILES string of the molecule is CN1C(=O)C(c2ccc(OC(F)F)cc2)(c2cccc(CC(F)F)c2)N=C1N. The highest BCUT2D eigenvalue weighted by Gasteiger charge is 2.49. The van der Waals surface area contributed by atoms with E-state index in [0.717, 1.165) is 4.90 Å². The van der Waals surface area contributed by atoms with Gasteiger partial charge in [-0.25, -0.2) is 13.8 Å². The number of amides is 1. The number of aliphatic imine (C=N–C) groups is 1. The van der Waals surface area contributed by atoms with Gasteiger partial charge in [-0.2, -0.15) is 8.78 Å². The molecule has 0 aliphatic carbocycles. The van der Waals surface area contributed by atoms with Crippen LogP contribution in [0.25, 0.3) is 0 Å². The minimum absolute atomic E-state index is 0.0443. The molecule has 0 fully saturated rings. The van der Waals surface area contributed by atoms with Crippen molar-refractivity contribution in [3.05, 3.63) is 65.2 Å². The molecule has 0 aromatic heterocycles. The molecule has 1 aliphatic heterocycles. The number of nitrogens with zero attached hydrogens (tertiary/aromatic N) is 2. The van der Waals surface area contributed by atoms with E-state index in [-0.39, 0.29) is 11.7 Å². The van der Waals surface area contributed by atoms with Gasteiger partial charge < -0.3 is 10.5 Å². The van der Waals surface area contributed by atoms with Crippen molar-refractivity contribution in [3.8, 4) is 5.75 Å². The van der Waals surface area contributed by atoms with Gasteiger partial charge in [-0.3, -0.25) is 9.69 Å². The minimum atomic E-state index is -2.99. The average molecular weight is 395 g/mol. The van der Waals surface area contributed by atoms with Crippen LogP contribution in [0.15, 0.2) is 53.5 Å². The Morgan fingerprint density at radius 2 is 1.79 bits per heavy atom. The smallest absolute Gasteiger partial charge is 0.387 e. The van der Waals surface area contributed by atoms with Crippen molar-refractivity contribution in [1.82, 2.24) is 4.90 Å². The third kappa shape index (κ3) is 3.51. The number of nitrogens with two attached hydrogens (primary N) is 1. The first-order valence-corrected chi connectivity index (χ1v) is 8.30. The zero-order valence-corrected chi connectivity index (χ0v) is 14.8. The number of alkyl halides is 4. The van der Waals surface area contributed by atoms with Gasteiger partial charge in [0, 0.05) is 13.5 Å². The lowest BCUT2D eigenvalue weighted by atomic mass is 9.82. The van der Waals surface area contributed by atoms with Gasteiger partial charge in [0.05, 0.1) is 0 Å². The van der Waals surface area contributed by atoms with Crippen molar-refractivity contribution in [2.75, 3.05) is 7.05 Å². The Kier molecular flexibility index (Phi) is 5.26. The van der Waals surface area contributed by atoms with Gasteiger partial charge in [-0.1, -0.05) is 36.4 Å². The monoisotopic (exact) mass is 395 g/mol. The molecule has 1 heterocycles. The topological polar surface area (TPSA) is 67.9 Å². The van der Waals surface area contributed by atoms with Gasteiger partial charge >= 0.3 is 6.61 Å². The molecule has 1 amide bonds. The molecule has 0 bridgehead atoms. The zero-order chi connectivity index (χ0) is 20.5. The van der Waals surface area contributed by atoms with Crippen molar-refractivity contribution >= 4 is 11.9 Å². The van der Waals surface area contributed by atoms with E-state index in [1.807, 2.05) is 0 Å². The molecule has 2 aromatic carbocycles. The minimum Gasteiger partial charge on any atom is -0.435 e. The average Bonchev–Trinajstić information content (AvgIpc) is 2.86. The predicted octanol–water partition coefficient (Wildman–Crippen LogP) is 3.13. The Hall–Kier alpha value is -3.10. The second-order valence-corrected chi connectivity index (χ2v) is 6.24. The molecule has 1 unspecified atom stereocenters. The number of ether oxygens (including phenoxy) is 1. The summed E-state index contributed by atoms with van der Waals surface area (Å²) < 4.78 is 54.7. The first-order chi connectivity index (χ1) is 13.2. The maximum absolute atomic E-state index is 13.1. The van der Waals surface area contributed by atoms with E-state index in [1.165, 1.54) is 43.4 Å². The molecule has 9 heteroatoms. The number of likely N-dealkylation sites (N-methyl/N-ethyl adjacent to an activating group) is 1. The van der Waals surface area contributed by atoms with Crippen LogP contribution in [0.3, 0.4) is 0 Å². The molecule has 0 spiro atoms. The summed E-state index contributed by atoms with van der Waals surface area (Å²) in [5.74, 6) is -0.616. The molecule has 28 heavy (non-hydrogen) atoms. The van der Waals surface area contributed by atoms with Crippen LogP contribution in [0.2, 0.25) is 0 Å². The molecule has 148 valence electrons. The molecule has 0 saturated heterocycles. The highest BCUT2D eigenvalue weighted by molar-refractivity contribution is 6.08. The quantitative estimate of drug-likeness (QED) is 0.765. The number of rotatable bonds is 6. The fourth-order valence-corrected chi connectivity index (χ4v) is 3.16. The molecular weight excluding hydrogens is 378 g/mol. The van der Waals surface area contributed by atoms with E-state index >= 15 is 0 Å². The maximum Gasteiger partial charge on any atom is 0.387 e. The lowest BCUT2D eigenvalue weighted by Gasteiger charge is -2.26. The normalized spacial score (nSPS) is 19.5. The van der Waals surface area contributed by atoms with E-state index in [1.54, 1.807) is 12.1 Å². The van der Waals surface area contributed by atoms with Crippen LogP contribution < -0.4 is 10.5 Å². The van der Waals surface area contributed by atoms with Crippen molar-refractivity contribution in [1.29, 1.82) is 0 Å². The van der Waals surface area contributed by atoms with E-state index < -0.39 is 30.9 Å². The molecule has 2 N–H and O–H groups in total. The molecule has 1 atom stereocenters. The summed E-state index contributed by atoms with van der Waals surface area (Å²) in [5, 5.41) is 0. The van der Waals surface area contributed by atoms with Crippen LogP contribution in [-0.2, 0) is 16.8 Å². The number of carbonyl (C=O) groups excluding carboxylic acids is 1. The first-order valence-electron chi connectivity index (χ1n) is 8.30. The number of carbonyl (C=O) groups is 1. The van der Waals surface area contributed by atoms with Gasteiger partial charge in [-0.15, -0.1) is 0 Å². The van der Waals surface area contributed by atoms with Crippen LogP contribution in [0.1, 0.15) is 16.7 Å². The summed E-state index contributed by atoms with van der Waals surface area (Å²) in [6.45, 7) is -2.99. The van der Waals surface area contributed by atoms with E-state index in [0.29, 0.717) is 16.7 Å². The van der Waals surface area contributed by atoms with Crippen LogP contribution in [0.4, 0.5) is 17.6 Å². The van der Waals surface area contributed by atoms with Crippen molar-refractivity contribution in [2.45, 2.75) is 25.0 Å². The summed E-state index contributed by atoms with van der Waals surface area (Å²) in [5.41, 5.74) is 5.28. The predicted molar refractivity (Wildman–Crippen MR) is 94.4 cm³/mol. The fourth-order valence-electron chi connectivity index (χ4n) is 3.16. The maximum atomic E-state index is 13.1. The highest BCUT2D eigenvalue weighted by atomic mass is 19.3. The molecule has 5 nitrogen and oxygen atoms in total. The lowest BCUT2D eigenvalue weighted by molar-refractivity contribution is -0.129. The second-order valence-electron chi connectivity index (χ2n) is 6.24. The Bertz CT molecular complexity index is 902. The summed E-state index contributed by atoms with van der Waals surface area (Å²) in [4.78, 5) is 18.6. The van der Waals surface area contributed by atoms with Gasteiger partial charge in [0.1, 0.15) is 5.75 Å². The Morgan fingerprint density at radius 1 is 1.11 bits per heavy atom. The van der Waals surface area contributed by atoms with Gasteiger partial charge in [0.25, 0.3) is 5.91 Å². The van der Waals surface area contributed by atoms with E-state index in [2.05, 4.69) is 9.73 Å². The second kappa shape index (κ2) is 7.49. The van der Waals surface area contributed by atoms with Crippen molar-refractivity contribution in [2.24, 2.45) is 10.7 Å². The molecular formula is C19H17F4N3O2. The van der Waals surface area contributed by atoms with E-state index in [4.69, 9.17) is 5.73 Å². The number of guanidine groups is 1. The highest BCUT2D eigenvalue weighted by Crippen LogP contribution is 2.40. The van der Waals surface area contributed by atoms with Gasteiger partial charge in [0.2, 0.25) is 6.43 Å².